The van der Waals surface area contributed by atoms with Gasteiger partial charge in [0, 0.05) is 18.8 Å². The summed E-state index contributed by atoms with van der Waals surface area (Å²) in [6, 6.07) is 33.5. The highest BCUT2D eigenvalue weighted by atomic mass is 79.9. The van der Waals surface area contributed by atoms with E-state index in [1.807, 2.05) is 24.3 Å². The maximum Gasteiger partial charge on any atom is 0.165 e. The fraction of sp³-hybridized carbons (Fsp3) is 0.219. The molecule has 4 nitrogen and oxygen atoms in total. The largest absolute Gasteiger partial charge is 0.497 e. The molecule has 4 aromatic rings. The summed E-state index contributed by atoms with van der Waals surface area (Å²) in [6.07, 6.45) is 0. The Morgan fingerprint density at radius 2 is 1.26 bits per heavy atom. The first kappa shape index (κ1) is 29.3. The number of rotatable bonds is 9. The van der Waals surface area contributed by atoms with Gasteiger partial charge < -0.3 is 14.4 Å². The number of methoxy groups -OCH3 is 2. The first-order valence-corrected chi connectivity index (χ1v) is 13.4. The second kappa shape index (κ2) is 14.6. The fourth-order valence-corrected chi connectivity index (χ4v) is 5.01. The second-order valence-corrected chi connectivity index (χ2v) is 9.95. The molecule has 4 aromatic carbocycles. The zero-order valence-electron chi connectivity index (χ0n) is 22.4. The minimum atomic E-state index is 0. The van der Waals surface area contributed by atoms with Crippen molar-refractivity contribution < 1.29 is 9.47 Å². The molecule has 0 amide bonds. The average Bonchev–Trinajstić information content (AvgIpc) is 2.93. The van der Waals surface area contributed by atoms with Crippen LogP contribution in [-0.4, -0.2) is 24.3 Å². The number of aryl methyl sites for hydroxylation is 2. The van der Waals surface area contributed by atoms with Crippen LogP contribution in [0.4, 0.5) is 5.69 Å². The van der Waals surface area contributed by atoms with E-state index in [4.69, 9.17) is 14.5 Å². The highest BCUT2D eigenvalue weighted by Gasteiger charge is 2.16. The molecule has 0 aliphatic heterocycles. The second-order valence-electron chi connectivity index (χ2n) is 9.01. The summed E-state index contributed by atoms with van der Waals surface area (Å²) in [6.45, 7) is 5.69. The number of amidine groups is 1. The standard InChI is InChI=1S/C32H34N2O2S.BrH/c1-24-10-19-31(25(2)20-24)33-32(37-23-28-8-6-5-7-9-28)34(21-26-11-15-29(35-3)16-12-26)22-27-13-17-30(36-4)18-14-27;/h5-20H,21-23H2,1-4H3;1H. The Morgan fingerprint density at radius 3 is 1.76 bits per heavy atom. The zero-order valence-corrected chi connectivity index (χ0v) is 24.9. The average molecular weight is 592 g/mol. The molecule has 198 valence electrons. The lowest BCUT2D eigenvalue weighted by Crippen LogP contribution is -2.28. The van der Waals surface area contributed by atoms with Gasteiger partial charge in [-0.25, -0.2) is 4.99 Å². The third-order valence-corrected chi connectivity index (χ3v) is 7.20. The van der Waals surface area contributed by atoms with E-state index in [0.29, 0.717) is 0 Å². The van der Waals surface area contributed by atoms with Crippen molar-refractivity contribution in [1.29, 1.82) is 0 Å². The zero-order chi connectivity index (χ0) is 26.0. The number of hydrogen-bond acceptors (Lipinski definition) is 4. The van der Waals surface area contributed by atoms with Crippen molar-refractivity contribution in [2.75, 3.05) is 14.2 Å². The van der Waals surface area contributed by atoms with E-state index in [-0.39, 0.29) is 17.0 Å². The number of aliphatic imine (C=N–C) groups is 1. The van der Waals surface area contributed by atoms with E-state index in [2.05, 4.69) is 91.5 Å². The van der Waals surface area contributed by atoms with Crippen molar-refractivity contribution in [3.05, 3.63) is 125 Å². The topological polar surface area (TPSA) is 34.1 Å². The van der Waals surface area contributed by atoms with Gasteiger partial charge in [0.05, 0.1) is 19.9 Å². The van der Waals surface area contributed by atoms with Crippen LogP contribution in [0.15, 0.2) is 102 Å². The first-order valence-electron chi connectivity index (χ1n) is 12.4. The Morgan fingerprint density at radius 1 is 0.711 bits per heavy atom. The smallest absolute Gasteiger partial charge is 0.165 e. The van der Waals surface area contributed by atoms with Crippen LogP contribution in [-0.2, 0) is 18.8 Å². The van der Waals surface area contributed by atoms with Gasteiger partial charge in [-0.15, -0.1) is 17.0 Å². The molecule has 0 bridgehead atoms. The van der Waals surface area contributed by atoms with Crippen molar-refractivity contribution in [2.24, 2.45) is 4.99 Å². The number of benzene rings is 4. The third kappa shape index (κ3) is 8.40. The first-order chi connectivity index (χ1) is 18.0. The van der Waals surface area contributed by atoms with Gasteiger partial charge in [-0.2, -0.15) is 0 Å². The maximum absolute atomic E-state index is 5.38. The Kier molecular flexibility index (Phi) is 11.3. The van der Waals surface area contributed by atoms with E-state index >= 15 is 0 Å². The van der Waals surface area contributed by atoms with Crippen LogP contribution < -0.4 is 9.47 Å². The fourth-order valence-electron chi connectivity index (χ4n) is 4.04. The van der Waals surface area contributed by atoms with Crippen LogP contribution in [0, 0.1) is 13.8 Å². The molecule has 0 N–H and O–H groups in total. The van der Waals surface area contributed by atoms with Crippen molar-refractivity contribution in [3.8, 4) is 11.5 Å². The molecule has 0 aliphatic rings. The molecule has 0 saturated carbocycles. The minimum Gasteiger partial charge on any atom is -0.497 e. The van der Waals surface area contributed by atoms with Gasteiger partial charge in [-0.05, 0) is 66.4 Å². The predicted octanol–water partition coefficient (Wildman–Crippen LogP) is 8.52. The lowest BCUT2D eigenvalue weighted by molar-refractivity contribution is 0.405. The summed E-state index contributed by atoms with van der Waals surface area (Å²) < 4.78 is 10.8. The number of hydrogen-bond donors (Lipinski definition) is 0. The molecule has 38 heavy (non-hydrogen) atoms. The maximum atomic E-state index is 5.38. The summed E-state index contributed by atoms with van der Waals surface area (Å²) in [5, 5.41) is 0.988. The summed E-state index contributed by atoms with van der Waals surface area (Å²) in [7, 11) is 3.39. The van der Waals surface area contributed by atoms with Crippen molar-refractivity contribution >= 4 is 39.6 Å². The van der Waals surface area contributed by atoms with Crippen molar-refractivity contribution in [1.82, 2.24) is 4.90 Å². The SMILES string of the molecule is Br.COc1ccc(CN(Cc2ccc(OC)cc2)C(=Nc2ccc(C)cc2C)SCc2ccccc2)cc1. The van der Waals surface area contributed by atoms with Gasteiger partial charge >= 0.3 is 0 Å². The van der Waals surface area contributed by atoms with Gasteiger partial charge in [-0.1, -0.05) is 84.1 Å². The van der Waals surface area contributed by atoms with Crippen LogP contribution in [0.25, 0.3) is 0 Å². The highest BCUT2D eigenvalue weighted by Crippen LogP contribution is 2.27. The summed E-state index contributed by atoms with van der Waals surface area (Å²) in [4.78, 5) is 7.59. The van der Waals surface area contributed by atoms with Gasteiger partial charge in [0.1, 0.15) is 11.5 Å². The number of halogens is 1. The molecule has 0 aliphatic carbocycles. The molecule has 0 atom stereocenters. The van der Waals surface area contributed by atoms with Gasteiger partial charge in [0.2, 0.25) is 0 Å². The van der Waals surface area contributed by atoms with E-state index in [1.54, 1.807) is 26.0 Å². The molecular formula is C32H35BrN2O2S. The summed E-state index contributed by atoms with van der Waals surface area (Å²) in [5.74, 6) is 2.55. The molecule has 0 saturated heterocycles. The monoisotopic (exact) mass is 590 g/mol. The summed E-state index contributed by atoms with van der Waals surface area (Å²) in [5.41, 5.74) is 7.08. The Labute approximate surface area is 241 Å². The lowest BCUT2D eigenvalue weighted by atomic mass is 10.1. The number of thioether (sulfide) groups is 1. The Balaban J connectivity index is 0.00000400. The van der Waals surface area contributed by atoms with E-state index < -0.39 is 0 Å². The molecule has 0 spiro atoms. The van der Waals surface area contributed by atoms with Crippen LogP contribution in [0.3, 0.4) is 0 Å². The quantitative estimate of drug-likeness (QED) is 0.144. The molecule has 0 fully saturated rings. The van der Waals surface area contributed by atoms with Gasteiger partial charge in [-0.3, -0.25) is 0 Å². The molecule has 4 rings (SSSR count). The number of ether oxygens (including phenoxy) is 2. The minimum absolute atomic E-state index is 0. The predicted molar refractivity (Wildman–Crippen MR) is 166 cm³/mol. The van der Waals surface area contributed by atoms with Crippen molar-refractivity contribution in [2.45, 2.75) is 32.7 Å². The lowest BCUT2D eigenvalue weighted by Gasteiger charge is -2.27. The van der Waals surface area contributed by atoms with Crippen LogP contribution in [0.5, 0.6) is 11.5 Å². The van der Waals surface area contributed by atoms with E-state index in [0.717, 1.165) is 41.2 Å². The highest BCUT2D eigenvalue weighted by molar-refractivity contribution is 8.93. The molecule has 0 heterocycles. The van der Waals surface area contributed by atoms with Crippen LogP contribution >= 0.6 is 28.7 Å². The van der Waals surface area contributed by atoms with Gasteiger partial charge in [0.25, 0.3) is 0 Å². The van der Waals surface area contributed by atoms with E-state index in [1.165, 1.54) is 27.8 Å². The molecule has 0 unspecified atom stereocenters. The van der Waals surface area contributed by atoms with Crippen LogP contribution in [0.2, 0.25) is 0 Å². The molecular weight excluding hydrogens is 556 g/mol. The Bertz CT molecular complexity index is 1260. The molecule has 0 radical (unpaired) electrons. The van der Waals surface area contributed by atoms with Crippen molar-refractivity contribution in [3.63, 3.8) is 0 Å². The Hall–Kier alpha value is -3.22. The van der Waals surface area contributed by atoms with Gasteiger partial charge in [0.15, 0.2) is 5.17 Å². The van der Waals surface area contributed by atoms with Crippen LogP contribution in [0.1, 0.15) is 27.8 Å². The molecule has 0 aromatic heterocycles. The van der Waals surface area contributed by atoms with E-state index in [9.17, 15) is 0 Å². The molecule has 6 heteroatoms. The summed E-state index contributed by atoms with van der Waals surface area (Å²) >= 11 is 1.77. The normalized spacial score (nSPS) is 11.0. The number of nitrogens with zero attached hydrogens (tertiary/aromatic N) is 2. The third-order valence-electron chi connectivity index (χ3n) is 6.11.